The van der Waals surface area contributed by atoms with Crippen LogP contribution in [-0.4, -0.2) is 107 Å². The molecule has 4 aromatic rings. The standard InChI is InChI=1S/C34H34F6N2O4.C19H6F6O6.C13H26N2.CH4/c1-18-3-5-19(6-4-18)15-20-7-11-23(12-8-20)42-30(45)25-14-10-22(17-27(25)31(42)46)32(33(35,36)37,34(38,39)40)21-9-13-24-26(16-21)29(44)41(2)28(24)43;20-18(21,22)17(19(23,24)25,7-1-3-9-11(5-7)15(28)30-13(9)26)8-2-4-10-12(6-8)16(29)31-14(10)27;14-12-5-1-10(2-6-12)9-11-3-7-13(15)8-4-11;/h9-10,13-14,16-20,23H,3-8,11-12,15H2,1-2H3;1-6H;10-13H,1-9,14-15H2;1H4. The third-order valence-electron chi connectivity index (χ3n) is 20.2. The molecule has 4 saturated carbocycles. The number of carbonyl (C=O) groups excluding carboxylic acids is 8. The number of hydrogen-bond donors (Lipinski definition) is 2. The molecule has 502 valence electrons. The molecule has 4 aliphatic heterocycles. The van der Waals surface area contributed by atoms with Gasteiger partial charge in [-0.15, -0.1) is 0 Å². The summed E-state index contributed by atoms with van der Waals surface area (Å²) in [4.78, 5) is 99.9. The average molecular weight is 1320 g/mol. The number of hydrogen-bond acceptors (Lipinski definition) is 12. The van der Waals surface area contributed by atoms with E-state index in [-0.39, 0.29) is 30.7 Å². The molecule has 4 amide bonds. The van der Waals surface area contributed by atoms with Crippen molar-refractivity contribution in [3.05, 3.63) is 140 Å². The molecule has 12 rings (SSSR count). The monoisotopic (exact) mass is 1320 g/mol. The molecule has 4 heterocycles. The highest BCUT2D eigenvalue weighted by Gasteiger charge is 2.74. The van der Waals surface area contributed by atoms with Gasteiger partial charge in [0.1, 0.15) is 0 Å². The minimum atomic E-state index is -6.02. The van der Waals surface area contributed by atoms with Gasteiger partial charge >= 0.3 is 48.6 Å². The smallest absolute Gasteiger partial charge is 0.386 e. The summed E-state index contributed by atoms with van der Waals surface area (Å²) in [6.07, 6.45) is -3.50. The van der Waals surface area contributed by atoms with Crippen molar-refractivity contribution in [3.63, 3.8) is 0 Å². The lowest BCUT2D eigenvalue weighted by Crippen LogP contribution is -2.55. The first-order valence-corrected chi connectivity index (χ1v) is 30.7. The Bertz CT molecular complexity index is 3480. The highest BCUT2D eigenvalue weighted by atomic mass is 19.4. The number of nitrogens with zero attached hydrogens (tertiary/aromatic N) is 2. The summed E-state index contributed by atoms with van der Waals surface area (Å²) in [5, 5.41) is 0. The van der Waals surface area contributed by atoms with Gasteiger partial charge in [0, 0.05) is 25.2 Å². The number of amides is 4. The third-order valence-corrected chi connectivity index (χ3v) is 20.2. The lowest BCUT2D eigenvalue weighted by atomic mass is 9.71. The molecule has 0 unspecified atom stereocenters. The zero-order valence-electron chi connectivity index (χ0n) is 49.9. The number of imide groups is 2. The number of esters is 4. The maximum atomic E-state index is 14.9. The summed E-state index contributed by atoms with van der Waals surface area (Å²) < 4.78 is 183. The van der Waals surface area contributed by atoms with E-state index in [0.29, 0.717) is 90.2 Å². The van der Waals surface area contributed by atoms with Crippen molar-refractivity contribution in [2.75, 3.05) is 7.05 Å². The molecule has 4 fully saturated rings. The predicted octanol–water partition coefficient (Wildman–Crippen LogP) is 14.5. The van der Waals surface area contributed by atoms with Crippen molar-refractivity contribution >= 4 is 47.5 Å². The van der Waals surface area contributed by atoms with E-state index in [1.807, 2.05) is 0 Å². The van der Waals surface area contributed by atoms with Gasteiger partial charge in [-0.25, -0.2) is 19.2 Å². The third kappa shape index (κ3) is 12.7. The molecule has 0 bridgehead atoms. The van der Waals surface area contributed by atoms with Gasteiger partial charge in [0.25, 0.3) is 23.6 Å². The predicted molar refractivity (Wildman–Crippen MR) is 311 cm³/mol. The second-order valence-corrected chi connectivity index (χ2v) is 25.9. The van der Waals surface area contributed by atoms with E-state index < -0.39 is 145 Å². The van der Waals surface area contributed by atoms with Crippen LogP contribution in [0.2, 0.25) is 0 Å². The van der Waals surface area contributed by atoms with Crippen molar-refractivity contribution in [2.24, 2.45) is 41.1 Å². The molecule has 14 nitrogen and oxygen atoms in total. The Balaban J connectivity index is 0.000000186. The van der Waals surface area contributed by atoms with Crippen molar-refractivity contribution in [3.8, 4) is 0 Å². The minimum absolute atomic E-state index is 0. The summed E-state index contributed by atoms with van der Waals surface area (Å²) in [5.41, 5.74) is -7.22. The number of carbonyl (C=O) groups is 8. The second kappa shape index (κ2) is 26.0. The van der Waals surface area contributed by atoms with Gasteiger partial charge in [-0.2, -0.15) is 52.7 Å². The Kier molecular flexibility index (Phi) is 19.5. The summed E-state index contributed by atoms with van der Waals surface area (Å²) in [7, 11) is 1.07. The quantitative estimate of drug-likeness (QED) is 0.0693. The molecule has 8 aliphatic rings. The second-order valence-electron chi connectivity index (χ2n) is 25.9. The number of cyclic esters (lactones) is 4. The lowest BCUT2D eigenvalue weighted by molar-refractivity contribution is -0.290. The Morgan fingerprint density at radius 2 is 0.645 bits per heavy atom. The Hall–Kier alpha value is -7.48. The maximum absolute atomic E-state index is 14.9. The fourth-order valence-corrected chi connectivity index (χ4v) is 15.0. The van der Waals surface area contributed by atoms with E-state index in [1.54, 1.807) is 0 Å². The largest absolute Gasteiger partial charge is 0.411 e. The molecule has 93 heavy (non-hydrogen) atoms. The Morgan fingerprint density at radius 1 is 0.376 bits per heavy atom. The van der Waals surface area contributed by atoms with Crippen molar-refractivity contribution in [1.29, 1.82) is 0 Å². The molecular weight excluding hydrogens is 1250 g/mol. The number of halogens is 12. The Labute approximate surface area is 527 Å². The van der Waals surface area contributed by atoms with Gasteiger partial charge in [-0.1, -0.05) is 64.3 Å². The normalized spacial score (nSPS) is 25.0. The highest BCUT2D eigenvalue weighted by molar-refractivity contribution is 6.22. The van der Waals surface area contributed by atoms with Gasteiger partial charge < -0.3 is 20.9 Å². The van der Waals surface area contributed by atoms with Crippen LogP contribution in [0.4, 0.5) is 52.7 Å². The summed E-state index contributed by atoms with van der Waals surface area (Å²) in [5.74, 6) is -4.96. The summed E-state index contributed by atoms with van der Waals surface area (Å²) in [6.45, 7) is 2.26. The zero-order valence-corrected chi connectivity index (χ0v) is 49.9. The number of nitrogens with two attached hydrogens (primary N) is 2. The molecular formula is C67H70F12N4O10. The van der Waals surface area contributed by atoms with E-state index in [9.17, 15) is 91.0 Å². The molecule has 0 atom stereocenters. The topological polar surface area (TPSA) is 214 Å². The number of fused-ring (bicyclic) bond motifs is 4. The van der Waals surface area contributed by atoms with Crippen molar-refractivity contribution in [2.45, 2.75) is 184 Å². The average Bonchev–Trinajstić information content (AvgIpc) is 1.58. The number of ether oxygens (including phenoxy) is 2. The fraction of sp³-hybridized carbons (Fsp3) is 0.522. The van der Waals surface area contributed by atoms with Gasteiger partial charge in [0.05, 0.1) is 44.5 Å². The van der Waals surface area contributed by atoms with Crippen molar-refractivity contribution in [1.82, 2.24) is 9.80 Å². The van der Waals surface area contributed by atoms with E-state index in [1.165, 1.54) is 83.5 Å². The van der Waals surface area contributed by atoms with Crippen LogP contribution >= 0.6 is 0 Å². The van der Waals surface area contributed by atoms with Gasteiger partial charge in [-0.3, -0.25) is 29.0 Å². The zero-order chi connectivity index (χ0) is 66.9. The van der Waals surface area contributed by atoms with Crippen LogP contribution in [0.3, 0.4) is 0 Å². The van der Waals surface area contributed by atoms with Crippen molar-refractivity contribution < 1.29 is 101 Å². The van der Waals surface area contributed by atoms with Crippen LogP contribution in [0.5, 0.6) is 0 Å². The van der Waals surface area contributed by atoms with Gasteiger partial charge in [-0.05, 0) is 190 Å². The highest BCUT2D eigenvalue weighted by Crippen LogP contribution is 2.59. The molecule has 26 heteroatoms. The Morgan fingerprint density at radius 3 is 1.00 bits per heavy atom. The first kappa shape index (κ1) is 69.9. The van der Waals surface area contributed by atoms with Crippen LogP contribution in [0, 0.1) is 29.6 Å². The van der Waals surface area contributed by atoms with Gasteiger partial charge in [0.2, 0.25) is 10.8 Å². The van der Waals surface area contributed by atoms with E-state index in [0.717, 1.165) is 61.1 Å². The first-order valence-electron chi connectivity index (χ1n) is 30.7. The number of alkyl halides is 12. The fourth-order valence-electron chi connectivity index (χ4n) is 15.0. The molecule has 4 aromatic carbocycles. The molecule has 0 saturated heterocycles. The van der Waals surface area contributed by atoms with E-state index >= 15 is 0 Å². The molecule has 4 N–H and O–H groups in total. The van der Waals surface area contributed by atoms with Crippen LogP contribution in [0.15, 0.2) is 72.8 Å². The number of benzene rings is 4. The first-order chi connectivity index (χ1) is 43.1. The SMILES string of the molecule is C.CC1CCC(CC2CCC(N3C(=O)c4ccc(C(c5ccc6c(c5)C(=O)N(C)C6=O)(C(F)(F)F)C(F)(F)F)cc4C3=O)CC2)CC1.NC1CCC(CC2CCC(N)CC2)CC1.O=C1OC(=O)c2cc(C(c3ccc4c(c3)C(=O)OC4=O)(C(F)(F)F)C(F)(F)F)ccc21. The molecule has 0 radical (unpaired) electrons. The molecule has 0 aromatic heterocycles. The number of rotatable bonds is 9. The summed E-state index contributed by atoms with van der Waals surface area (Å²) in [6, 6.07) is 6.78. The minimum Gasteiger partial charge on any atom is -0.386 e. The molecule has 0 spiro atoms. The van der Waals surface area contributed by atoms with Crippen LogP contribution in [0.25, 0.3) is 0 Å². The van der Waals surface area contributed by atoms with Crippen LogP contribution in [-0.2, 0) is 20.3 Å². The van der Waals surface area contributed by atoms with Gasteiger partial charge in [0.15, 0.2) is 0 Å². The van der Waals surface area contributed by atoms with Crippen LogP contribution in [0.1, 0.15) is 235 Å². The maximum Gasteiger partial charge on any atom is 0.411 e. The van der Waals surface area contributed by atoms with Crippen LogP contribution < -0.4 is 11.5 Å². The van der Waals surface area contributed by atoms with E-state index in [4.69, 9.17) is 11.5 Å². The van der Waals surface area contributed by atoms with E-state index in [2.05, 4.69) is 16.4 Å². The summed E-state index contributed by atoms with van der Waals surface area (Å²) >= 11 is 0. The lowest BCUT2D eigenvalue weighted by Gasteiger charge is -2.38. The molecule has 4 aliphatic carbocycles.